The van der Waals surface area contributed by atoms with Crippen LogP contribution < -0.4 is 24.3 Å². The second-order valence-electron chi connectivity index (χ2n) is 8.43. The molecule has 0 unspecified atom stereocenters. The Labute approximate surface area is 210 Å². The number of anilines is 1. The number of nitrogens with zero attached hydrogens (tertiary/aromatic N) is 1. The van der Waals surface area contributed by atoms with Gasteiger partial charge in [-0.3, -0.25) is 9.59 Å². The number of benzene rings is 3. The summed E-state index contributed by atoms with van der Waals surface area (Å²) in [7, 11) is 4.69. The van der Waals surface area contributed by atoms with Crippen LogP contribution in [-0.4, -0.2) is 51.1 Å². The maximum atomic E-state index is 13.0. The van der Waals surface area contributed by atoms with Crippen LogP contribution in [0.2, 0.25) is 0 Å². The molecule has 1 aliphatic heterocycles. The molecule has 8 heteroatoms. The highest BCUT2D eigenvalue weighted by atomic mass is 16.5. The topological polar surface area (TPSA) is 86.3 Å². The molecule has 0 saturated carbocycles. The van der Waals surface area contributed by atoms with Crippen LogP contribution in [0.1, 0.15) is 23.2 Å². The van der Waals surface area contributed by atoms with E-state index in [1.54, 1.807) is 68.7 Å². The van der Waals surface area contributed by atoms with Gasteiger partial charge >= 0.3 is 0 Å². The molecule has 0 bridgehead atoms. The van der Waals surface area contributed by atoms with Gasteiger partial charge < -0.3 is 29.2 Å². The fraction of sp³-hybridized carbons (Fsp3) is 0.286. The third-order valence-corrected chi connectivity index (χ3v) is 6.17. The first-order valence-corrected chi connectivity index (χ1v) is 11.7. The van der Waals surface area contributed by atoms with Gasteiger partial charge in [-0.15, -0.1) is 0 Å². The molecule has 1 aliphatic rings. The number of ether oxygens (including phenoxy) is 4. The minimum absolute atomic E-state index is 0.0523. The highest BCUT2D eigenvalue weighted by molar-refractivity contribution is 5.96. The molecule has 0 spiro atoms. The van der Waals surface area contributed by atoms with Crippen LogP contribution in [0.3, 0.4) is 0 Å². The predicted octanol–water partition coefficient (Wildman–Crippen LogP) is 5.00. The summed E-state index contributed by atoms with van der Waals surface area (Å²) in [5, 5.41) is 2.98. The number of carbonyl (C=O) groups is 2. The molecule has 1 fully saturated rings. The Balaban J connectivity index is 1.31. The number of carbonyl (C=O) groups excluding carboxylic acids is 2. The van der Waals surface area contributed by atoms with E-state index in [-0.39, 0.29) is 17.7 Å². The summed E-state index contributed by atoms with van der Waals surface area (Å²) in [6, 6.07) is 19.7. The number of piperidine rings is 1. The highest BCUT2D eigenvalue weighted by Gasteiger charge is 2.28. The lowest BCUT2D eigenvalue weighted by Gasteiger charge is -2.31. The van der Waals surface area contributed by atoms with E-state index >= 15 is 0 Å². The molecule has 2 amide bonds. The van der Waals surface area contributed by atoms with Crippen molar-refractivity contribution in [1.29, 1.82) is 0 Å². The summed E-state index contributed by atoms with van der Waals surface area (Å²) in [5.74, 6) is 2.70. The maximum absolute atomic E-state index is 13.0. The zero-order valence-corrected chi connectivity index (χ0v) is 20.7. The lowest BCUT2D eigenvalue weighted by molar-refractivity contribution is -0.121. The normalized spacial score (nSPS) is 13.6. The molecule has 8 nitrogen and oxygen atoms in total. The zero-order valence-electron chi connectivity index (χ0n) is 20.7. The number of methoxy groups -OCH3 is 3. The molecule has 0 aromatic heterocycles. The average Bonchev–Trinajstić information content (AvgIpc) is 2.93. The van der Waals surface area contributed by atoms with E-state index in [0.29, 0.717) is 65.9 Å². The number of nitrogens with one attached hydrogen (secondary N) is 1. The summed E-state index contributed by atoms with van der Waals surface area (Å²) in [5.41, 5.74) is 1.19. The number of amides is 2. The van der Waals surface area contributed by atoms with Crippen molar-refractivity contribution in [3.63, 3.8) is 0 Å². The summed E-state index contributed by atoms with van der Waals surface area (Å²) in [6.45, 7) is 1.00. The Bertz CT molecular complexity index is 1180. The van der Waals surface area contributed by atoms with Crippen molar-refractivity contribution in [2.75, 3.05) is 39.7 Å². The van der Waals surface area contributed by atoms with Gasteiger partial charge in [-0.2, -0.15) is 0 Å². The van der Waals surface area contributed by atoms with Gasteiger partial charge in [0, 0.05) is 36.3 Å². The van der Waals surface area contributed by atoms with E-state index < -0.39 is 0 Å². The van der Waals surface area contributed by atoms with Crippen molar-refractivity contribution in [3.8, 4) is 28.7 Å². The van der Waals surface area contributed by atoms with Crippen LogP contribution in [0.4, 0.5) is 5.69 Å². The number of hydrogen-bond donors (Lipinski definition) is 1. The first-order chi connectivity index (χ1) is 17.5. The van der Waals surface area contributed by atoms with Crippen molar-refractivity contribution in [3.05, 3.63) is 72.3 Å². The van der Waals surface area contributed by atoms with Gasteiger partial charge in [-0.1, -0.05) is 12.1 Å². The van der Waals surface area contributed by atoms with Gasteiger partial charge in [-0.05, 0) is 61.4 Å². The molecule has 1 saturated heterocycles. The highest BCUT2D eigenvalue weighted by Crippen LogP contribution is 2.31. The summed E-state index contributed by atoms with van der Waals surface area (Å²) in [6.07, 6.45) is 1.18. The molecule has 1 heterocycles. The molecule has 3 aromatic carbocycles. The zero-order chi connectivity index (χ0) is 25.5. The smallest absolute Gasteiger partial charge is 0.254 e. The van der Waals surface area contributed by atoms with Crippen LogP contribution in [0, 0.1) is 5.92 Å². The van der Waals surface area contributed by atoms with E-state index in [0.717, 1.165) is 0 Å². The molecule has 188 valence electrons. The molecular formula is C28H30N2O6. The third kappa shape index (κ3) is 5.89. The Morgan fingerprint density at radius 2 is 1.39 bits per heavy atom. The second kappa shape index (κ2) is 11.5. The van der Waals surface area contributed by atoms with Gasteiger partial charge in [0.25, 0.3) is 5.91 Å². The monoisotopic (exact) mass is 490 g/mol. The fourth-order valence-electron chi connectivity index (χ4n) is 4.14. The Morgan fingerprint density at radius 1 is 0.778 bits per heavy atom. The van der Waals surface area contributed by atoms with Gasteiger partial charge in [0.15, 0.2) is 11.5 Å². The molecule has 36 heavy (non-hydrogen) atoms. The molecular weight excluding hydrogens is 460 g/mol. The van der Waals surface area contributed by atoms with Gasteiger partial charge in [0.2, 0.25) is 5.91 Å². The largest absolute Gasteiger partial charge is 0.497 e. The first-order valence-electron chi connectivity index (χ1n) is 11.7. The molecule has 0 atom stereocenters. The van der Waals surface area contributed by atoms with E-state index in [4.69, 9.17) is 18.9 Å². The average molecular weight is 491 g/mol. The second-order valence-corrected chi connectivity index (χ2v) is 8.43. The van der Waals surface area contributed by atoms with Crippen molar-refractivity contribution < 1.29 is 28.5 Å². The quantitative estimate of drug-likeness (QED) is 0.479. The summed E-state index contributed by atoms with van der Waals surface area (Å²) < 4.78 is 21.7. The maximum Gasteiger partial charge on any atom is 0.254 e. The Hall–Kier alpha value is -4.20. The standard InChI is InChI=1S/C28H30N2O6/c1-33-23-16-20(17-24(18-23)34-2)28(32)30-14-12-19(13-15-30)27(31)29-21-8-10-22(11-9-21)36-26-7-5-4-6-25(26)35-3/h4-11,16-19H,12-15H2,1-3H3,(H,29,31). The van der Waals surface area contributed by atoms with Crippen LogP contribution in [-0.2, 0) is 4.79 Å². The van der Waals surface area contributed by atoms with Gasteiger partial charge in [-0.25, -0.2) is 0 Å². The predicted molar refractivity (Wildman–Crippen MR) is 136 cm³/mol. The van der Waals surface area contributed by atoms with E-state index in [9.17, 15) is 9.59 Å². The molecule has 0 aliphatic carbocycles. The lowest BCUT2D eigenvalue weighted by atomic mass is 9.95. The first kappa shape index (κ1) is 24.9. The van der Waals surface area contributed by atoms with Crippen molar-refractivity contribution in [1.82, 2.24) is 4.90 Å². The minimum atomic E-state index is -0.168. The Morgan fingerprint density at radius 3 is 1.97 bits per heavy atom. The van der Waals surface area contributed by atoms with E-state index in [1.165, 1.54) is 0 Å². The molecule has 0 radical (unpaired) electrons. The van der Waals surface area contributed by atoms with Gasteiger partial charge in [0.1, 0.15) is 17.2 Å². The van der Waals surface area contributed by atoms with Crippen LogP contribution in [0.5, 0.6) is 28.7 Å². The van der Waals surface area contributed by atoms with Gasteiger partial charge in [0.05, 0.1) is 21.3 Å². The number of hydrogen-bond acceptors (Lipinski definition) is 6. The van der Waals surface area contributed by atoms with E-state index in [1.807, 2.05) is 24.3 Å². The number of para-hydroxylation sites is 2. The van der Waals surface area contributed by atoms with E-state index in [2.05, 4.69) is 5.32 Å². The van der Waals surface area contributed by atoms with Crippen LogP contribution in [0.25, 0.3) is 0 Å². The number of likely N-dealkylation sites (tertiary alicyclic amines) is 1. The van der Waals surface area contributed by atoms with Crippen LogP contribution >= 0.6 is 0 Å². The summed E-state index contributed by atoms with van der Waals surface area (Å²) >= 11 is 0. The van der Waals surface area contributed by atoms with Crippen molar-refractivity contribution in [2.24, 2.45) is 5.92 Å². The molecule has 3 aromatic rings. The van der Waals surface area contributed by atoms with Crippen molar-refractivity contribution >= 4 is 17.5 Å². The lowest BCUT2D eigenvalue weighted by Crippen LogP contribution is -2.41. The fourth-order valence-corrected chi connectivity index (χ4v) is 4.14. The SMILES string of the molecule is COc1cc(OC)cc(C(=O)N2CCC(C(=O)Nc3ccc(Oc4ccccc4OC)cc3)CC2)c1. The van der Waals surface area contributed by atoms with Crippen LogP contribution in [0.15, 0.2) is 66.7 Å². The minimum Gasteiger partial charge on any atom is -0.497 e. The summed E-state index contributed by atoms with van der Waals surface area (Å²) in [4.78, 5) is 27.6. The molecule has 4 rings (SSSR count). The number of rotatable bonds is 8. The third-order valence-electron chi connectivity index (χ3n) is 6.17. The molecule has 1 N–H and O–H groups in total. The van der Waals surface area contributed by atoms with Crippen molar-refractivity contribution in [2.45, 2.75) is 12.8 Å². The Kier molecular flexibility index (Phi) is 7.95.